The van der Waals surface area contributed by atoms with Gasteiger partial charge in [0, 0.05) is 23.0 Å². The molecule has 3 rings (SSSR count). The largest absolute Gasteiger partial charge is 0.466 e. The minimum atomic E-state index is -0.475. The van der Waals surface area contributed by atoms with Crippen molar-refractivity contribution >= 4 is 16.9 Å². The van der Waals surface area contributed by atoms with Gasteiger partial charge in [0.05, 0.1) is 35.8 Å². The van der Waals surface area contributed by atoms with Crippen molar-refractivity contribution in [1.29, 1.82) is 5.26 Å². The van der Waals surface area contributed by atoms with Crippen LogP contribution in [0.3, 0.4) is 0 Å². The van der Waals surface area contributed by atoms with Crippen LogP contribution < -0.4 is 5.32 Å². The van der Waals surface area contributed by atoms with Crippen molar-refractivity contribution < 1.29 is 9.53 Å². The molecule has 1 aliphatic rings. The number of nitriles is 1. The number of nitrogens with one attached hydrogen (secondary N) is 1. The van der Waals surface area contributed by atoms with E-state index in [1.165, 1.54) is 7.11 Å². The van der Waals surface area contributed by atoms with Crippen LogP contribution in [0.5, 0.6) is 0 Å². The van der Waals surface area contributed by atoms with Crippen LogP contribution in [-0.4, -0.2) is 18.1 Å². The number of fused-ring (bicyclic) bond motifs is 1. The molecule has 5 nitrogen and oxygen atoms in total. The number of benzene rings is 1. The molecule has 1 aromatic heterocycles. The zero-order valence-corrected chi connectivity index (χ0v) is 13.8. The van der Waals surface area contributed by atoms with E-state index in [1.807, 2.05) is 44.2 Å². The van der Waals surface area contributed by atoms with Crippen LogP contribution >= 0.6 is 0 Å². The lowest BCUT2D eigenvalue weighted by Crippen LogP contribution is -2.28. The third-order valence-corrected chi connectivity index (χ3v) is 4.28. The third kappa shape index (κ3) is 2.42. The minimum Gasteiger partial charge on any atom is -0.466 e. The highest BCUT2D eigenvalue weighted by molar-refractivity contribution is 5.95. The molecule has 5 heteroatoms. The molecule has 0 amide bonds. The molecule has 24 heavy (non-hydrogen) atoms. The molecule has 0 radical (unpaired) electrons. The SMILES string of the molecule is COC(=O)C1=C(C)NC(C)=C(C#N)[C@@H]1c1ccnc2ccccc12. The molecule has 0 saturated heterocycles. The van der Waals surface area contributed by atoms with Gasteiger partial charge >= 0.3 is 5.97 Å². The van der Waals surface area contributed by atoms with Crippen LogP contribution in [0.25, 0.3) is 10.9 Å². The Balaban J connectivity index is 2.32. The highest BCUT2D eigenvalue weighted by Gasteiger charge is 2.34. The summed E-state index contributed by atoms with van der Waals surface area (Å²) in [7, 11) is 1.35. The van der Waals surface area contributed by atoms with Crippen molar-refractivity contribution in [2.45, 2.75) is 19.8 Å². The van der Waals surface area contributed by atoms with Gasteiger partial charge in [-0.1, -0.05) is 18.2 Å². The van der Waals surface area contributed by atoms with Gasteiger partial charge in [0.25, 0.3) is 0 Å². The first-order chi connectivity index (χ1) is 11.6. The summed E-state index contributed by atoms with van der Waals surface area (Å²) in [5.74, 6) is -0.914. The van der Waals surface area contributed by atoms with E-state index in [9.17, 15) is 10.1 Å². The van der Waals surface area contributed by atoms with Gasteiger partial charge in [0.1, 0.15) is 0 Å². The summed E-state index contributed by atoms with van der Waals surface area (Å²) < 4.78 is 4.97. The lowest BCUT2D eigenvalue weighted by atomic mass is 9.80. The number of pyridine rings is 1. The number of carbonyl (C=O) groups excluding carboxylic acids is 1. The van der Waals surface area contributed by atoms with Crippen LogP contribution in [0.2, 0.25) is 0 Å². The lowest BCUT2D eigenvalue weighted by Gasteiger charge is -2.28. The van der Waals surface area contributed by atoms with E-state index in [0.29, 0.717) is 16.8 Å². The van der Waals surface area contributed by atoms with Crippen molar-refractivity contribution in [3.8, 4) is 6.07 Å². The molecule has 0 spiro atoms. The zero-order valence-electron chi connectivity index (χ0n) is 13.8. The van der Waals surface area contributed by atoms with Crippen molar-refractivity contribution in [1.82, 2.24) is 10.3 Å². The normalized spacial score (nSPS) is 17.5. The fourth-order valence-corrected chi connectivity index (χ4v) is 3.20. The molecule has 0 saturated carbocycles. The Kier molecular flexibility index (Phi) is 4.05. The predicted molar refractivity (Wildman–Crippen MR) is 90.6 cm³/mol. The maximum atomic E-state index is 12.4. The highest BCUT2D eigenvalue weighted by Crippen LogP contribution is 2.40. The average Bonchev–Trinajstić information content (AvgIpc) is 2.60. The Morgan fingerprint density at radius 2 is 2.00 bits per heavy atom. The molecule has 0 fully saturated rings. The molecule has 1 aromatic carbocycles. The standard InChI is InChI=1S/C19H17N3O2/c1-11-15(10-20)18(17(12(2)22-11)19(23)24-3)14-8-9-21-16-7-5-4-6-13(14)16/h4-9,18,22H,1-3H3/t18-/m0/s1. The summed E-state index contributed by atoms with van der Waals surface area (Å²) in [5, 5.41) is 13.7. The van der Waals surface area contributed by atoms with Gasteiger partial charge in [-0.2, -0.15) is 5.26 Å². The number of para-hydroxylation sites is 1. The van der Waals surface area contributed by atoms with Gasteiger partial charge < -0.3 is 10.1 Å². The number of hydrogen-bond acceptors (Lipinski definition) is 5. The first kappa shape index (κ1) is 15.8. The second kappa shape index (κ2) is 6.17. The Morgan fingerprint density at radius 3 is 2.71 bits per heavy atom. The number of methoxy groups -OCH3 is 1. The number of rotatable bonds is 2. The van der Waals surface area contributed by atoms with E-state index in [1.54, 1.807) is 6.20 Å². The van der Waals surface area contributed by atoms with Crippen LogP contribution in [0.1, 0.15) is 25.3 Å². The number of carbonyl (C=O) groups is 1. The van der Waals surface area contributed by atoms with Gasteiger partial charge in [0.2, 0.25) is 0 Å². The lowest BCUT2D eigenvalue weighted by molar-refractivity contribution is -0.136. The second-order valence-corrected chi connectivity index (χ2v) is 5.66. The molecule has 0 aliphatic carbocycles. The summed E-state index contributed by atoms with van der Waals surface area (Å²) in [6.45, 7) is 3.66. The fourth-order valence-electron chi connectivity index (χ4n) is 3.20. The molecular weight excluding hydrogens is 302 g/mol. The smallest absolute Gasteiger partial charge is 0.336 e. The van der Waals surface area contributed by atoms with E-state index in [-0.39, 0.29) is 0 Å². The van der Waals surface area contributed by atoms with Crippen molar-refractivity contribution in [3.05, 3.63) is 64.6 Å². The molecule has 120 valence electrons. The summed E-state index contributed by atoms with van der Waals surface area (Å²) in [4.78, 5) is 16.8. The maximum Gasteiger partial charge on any atom is 0.336 e. The quantitative estimate of drug-likeness (QED) is 0.861. The van der Waals surface area contributed by atoms with Crippen LogP contribution in [0.4, 0.5) is 0 Å². The summed E-state index contributed by atoms with van der Waals surface area (Å²) in [6, 6.07) is 11.8. The minimum absolute atomic E-state index is 0.439. The number of nitrogens with zero attached hydrogens (tertiary/aromatic N) is 2. The van der Waals surface area contributed by atoms with E-state index < -0.39 is 11.9 Å². The fraction of sp³-hybridized carbons (Fsp3) is 0.211. The Morgan fingerprint density at radius 1 is 1.25 bits per heavy atom. The van der Waals surface area contributed by atoms with E-state index in [0.717, 1.165) is 22.2 Å². The van der Waals surface area contributed by atoms with Crippen LogP contribution in [-0.2, 0) is 9.53 Å². The number of ether oxygens (including phenoxy) is 1. The van der Waals surface area contributed by atoms with Gasteiger partial charge in [-0.25, -0.2) is 4.79 Å². The predicted octanol–water partition coefficient (Wildman–Crippen LogP) is 3.17. The summed E-state index contributed by atoms with van der Waals surface area (Å²) >= 11 is 0. The average molecular weight is 319 g/mol. The monoisotopic (exact) mass is 319 g/mol. The summed E-state index contributed by atoms with van der Waals surface area (Å²) in [6.07, 6.45) is 1.70. The van der Waals surface area contributed by atoms with Crippen molar-refractivity contribution in [3.63, 3.8) is 0 Å². The van der Waals surface area contributed by atoms with E-state index in [2.05, 4.69) is 16.4 Å². The molecular formula is C19H17N3O2. The zero-order chi connectivity index (χ0) is 17.3. The number of hydrogen-bond donors (Lipinski definition) is 1. The molecule has 0 unspecified atom stereocenters. The maximum absolute atomic E-state index is 12.4. The first-order valence-corrected chi connectivity index (χ1v) is 7.59. The Hall–Kier alpha value is -3.13. The van der Waals surface area contributed by atoms with Gasteiger partial charge in [-0.3, -0.25) is 4.98 Å². The molecule has 1 atom stereocenters. The van der Waals surface area contributed by atoms with E-state index >= 15 is 0 Å². The Labute approximate surface area is 140 Å². The number of esters is 1. The molecule has 1 aliphatic heterocycles. The van der Waals surface area contributed by atoms with Gasteiger partial charge in [-0.05, 0) is 31.5 Å². The van der Waals surface area contributed by atoms with Gasteiger partial charge in [0.15, 0.2) is 0 Å². The molecule has 0 bridgehead atoms. The highest BCUT2D eigenvalue weighted by atomic mass is 16.5. The molecule has 2 aromatic rings. The topological polar surface area (TPSA) is 75.0 Å². The van der Waals surface area contributed by atoms with Gasteiger partial charge in [-0.15, -0.1) is 0 Å². The van der Waals surface area contributed by atoms with Crippen molar-refractivity contribution in [2.75, 3.05) is 7.11 Å². The Bertz CT molecular complexity index is 930. The van der Waals surface area contributed by atoms with Crippen LogP contribution in [0, 0.1) is 11.3 Å². The van der Waals surface area contributed by atoms with Crippen molar-refractivity contribution in [2.24, 2.45) is 0 Å². The second-order valence-electron chi connectivity index (χ2n) is 5.66. The molecule has 2 heterocycles. The molecule has 1 N–H and O–H groups in total. The van der Waals surface area contributed by atoms with Crippen LogP contribution in [0.15, 0.2) is 59.1 Å². The first-order valence-electron chi connectivity index (χ1n) is 7.59. The number of allylic oxidation sites excluding steroid dienone is 3. The third-order valence-electron chi connectivity index (χ3n) is 4.28. The van der Waals surface area contributed by atoms with E-state index in [4.69, 9.17) is 4.74 Å². The summed E-state index contributed by atoms with van der Waals surface area (Å²) in [5.41, 5.74) is 4.11. The number of dihydropyridines is 1. The number of aromatic nitrogens is 1.